The zero-order chi connectivity index (χ0) is 13.0. The first-order valence-corrected chi connectivity index (χ1v) is 7.51. The summed E-state index contributed by atoms with van der Waals surface area (Å²) in [6.45, 7) is 7.44. The van der Waals surface area contributed by atoms with E-state index in [-0.39, 0.29) is 5.60 Å². The van der Waals surface area contributed by atoms with Crippen molar-refractivity contribution in [2.24, 2.45) is 11.8 Å². The lowest BCUT2D eigenvalue weighted by Crippen LogP contribution is -2.50. The topological polar surface area (TPSA) is 30.5 Å². The number of rotatable bonds is 4. The summed E-state index contributed by atoms with van der Waals surface area (Å²) in [4.78, 5) is 0. The number of ether oxygens (including phenoxy) is 2. The smallest absolute Gasteiger partial charge is 0.0846 e. The van der Waals surface area contributed by atoms with Crippen molar-refractivity contribution in [1.82, 2.24) is 5.32 Å². The third-order valence-electron chi connectivity index (χ3n) is 5.15. The first kappa shape index (κ1) is 14.3. The van der Waals surface area contributed by atoms with Crippen molar-refractivity contribution in [3.63, 3.8) is 0 Å². The Morgan fingerprint density at radius 2 is 1.89 bits per heavy atom. The van der Waals surface area contributed by atoms with E-state index in [4.69, 9.17) is 9.47 Å². The molecule has 0 amide bonds. The largest absolute Gasteiger partial charge is 0.381 e. The van der Waals surface area contributed by atoms with Gasteiger partial charge in [-0.25, -0.2) is 0 Å². The first-order valence-electron chi connectivity index (χ1n) is 7.51. The van der Waals surface area contributed by atoms with E-state index in [9.17, 15) is 0 Å². The molecule has 0 aromatic carbocycles. The van der Waals surface area contributed by atoms with Crippen LogP contribution in [-0.2, 0) is 9.47 Å². The highest BCUT2D eigenvalue weighted by molar-refractivity contribution is 4.88. The van der Waals surface area contributed by atoms with Crippen LogP contribution < -0.4 is 5.32 Å². The second-order valence-electron chi connectivity index (χ2n) is 6.34. The van der Waals surface area contributed by atoms with Crippen LogP contribution in [0.25, 0.3) is 0 Å². The molecule has 1 aliphatic carbocycles. The second kappa shape index (κ2) is 6.36. The van der Waals surface area contributed by atoms with Crippen LogP contribution in [0.5, 0.6) is 0 Å². The van der Waals surface area contributed by atoms with Crippen LogP contribution in [0.1, 0.15) is 46.0 Å². The minimum Gasteiger partial charge on any atom is -0.381 e. The van der Waals surface area contributed by atoms with Crippen LogP contribution in [0.4, 0.5) is 0 Å². The van der Waals surface area contributed by atoms with Gasteiger partial charge >= 0.3 is 0 Å². The molecule has 1 heterocycles. The molecular weight excluding hydrogens is 226 g/mol. The highest BCUT2D eigenvalue weighted by atomic mass is 16.5. The van der Waals surface area contributed by atoms with Gasteiger partial charge in [-0.1, -0.05) is 13.8 Å². The van der Waals surface area contributed by atoms with Crippen LogP contribution in [0.3, 0.4) is 0 Å². The highest BCUT2D eigenvalue weighted by Crippen LogP contribution is 2.30. The molecule has 0 bridgehead atoms. The van der Waals surface area contributed by atoms with E-state index in [1.807, 2.05) is 7.11 Å². The Morgan fingerprint density at radius 3 is 2.50 bits per heavy atom. The van der Waals surface area contributed by atoms with Crippen molar-refractivity contribution in [3.8, 4) is 0 Å². The molecule has 0 aromatic rings. The van der Waals surface area contributed by atoms with E-state index >= 15 is 0 Å². The Hall–Kier alpha value is -0.120. The molecule has 3 nitrogen and oxygen atoms in total. The molecule has 0 spiro atoms. The van der Waals surface area contributed by atoms with Crippen molar-refractivity contribution in [2.45, 2.75) is 57.6 Å². The van der Waals surface area contributed by atoms with Gasteiger partial charge in [0.1, 0.15) is 0 Å². The zero-order valence-electron chi connectivity index (χ0n) is 12.2. The Morgan fingerprint density at radius 1 is 1.17 bits per heavy atom. The van der Waals surface area contributed by atoms with E-state index in [2.05, 4.69) is 19.2 Å². The molecule has 2 aliphatic rings. The van der Waals surface area contributed by atoms with Gasteiger partial charge in [0.15, 0.2) is 0 Å². The minimum absolute atomic E-state index is 0.0184. The maximum absolute atomic E-state index is 5.78. The molecule has 3 heteroatoms. The fourth-order valence-corrected chi connectivity index (χ4v) is 3.26. The van der Waals surface area contributed by atoms with Crippen LogP contribution >= 0.6 is 0 Å². The van der Waals surface area contributed by atoms with Gasteiger partial charge in [0.25, 0.3) is 0 Å². The molecular formula is C15H29NO2. The molecule has 1 aliphatic heterocycles. The van der Waals surface area contributed by atoms with Crippen LogP contribution in [-0.4, -0.2) is 38.5 Å². The number of hydrogen-bond acceptors (Lipinski definition) is 3. The summed E-state index contributed by atoms with van der Waals surface area (Å²) in [5.41, 5.74) is 0.0184. The summed E-state index contributed by atoms with van der Waals surface area (Å²) in [7, 11) is 1.85. The number of hydrogen-bond donors (Lipinski definition) is 1. The summed E-state index contributed by atoms with van der Waals surface area (Å²) in [5, 5.41) is 3.75. The molecule has 2 rings (SSSR count). The number of nitrogens with one attached hydrogen (secondary N) is 1. The SMILES string of the molecule is COC1(CN[C@@H]2CC[C@@H](C)[C@@H](C)C2)CCOCC1. The van der Waals surface area contributed by atoms with Crippen molar-refractivity contribution in [1.29, 1.82) is 0 Å². The van der Waals surface area contributed by atoms with Crippen molar-refractivity contribution in [3.05, 3.63) is 0 Å². The standard InChI is InChI=1S/C15H29NO2/c1-12-4-5-14(10-13(12)2)16-11-15(17-3)6-8-18-9-7-15/h12-14,16H,4-11H2,1-3H3/t12-,13+,14-/m1/s1. The Balaban J connectivity index is 1.79. The van der Waals surface area contributed by atoms with Crippen molar-refractivity contribution in [2.75, 3.05) is 26.9 Å². The lowest BCUT2D eigenvalue weighted by Gasteiger charge is -2.39. The lowest BCUT2D eigenvalue weighted by atomic mass is 9.79. The van der Waals surface area contributed by atoms with Crippen LogP contribution in [0.2, 0.25) is 0 Å². The van der Waals surface area contributed by atoms with Gasteiger partial charge in [-0.05, 0) is 31.1 Å². The Labute approximate surface area is 112 Å². The van der Waals surface area contributed by atoms with E-state index in [1.165, 1.54) is 19.3 Å². The second-order valence-corrected chi connectivity index (χ2v) is 6.34. The fraction of sp³-hybridized carbons (Fsp3) is 1.00. The average molecular weight is 255 g/mol. The molecule has 1 saturated heterocycles. The predicted molar refractivity (Wildman–Crippen MR) is 73.8 cm³/mol. The lowest BCUT2D eigenvalue weighted by molar-refractivity contribution is -0.0893. The summed E-state index contributed by atoms with van der Waals surface area (Å²) < 4.78 is 11.2. The summed E-state index contributed by atoms with van der Waals surface area (Å²) >= 11 is 0. The van der Waals surface area contributed by atoms with Gasteiger partial charge in [0.2, 0.25) is 0 Å². The highest BCUT2D eigenvalue weighted by Gasteiger charge is 2.33. The summed E-state index contributed by atoms with van der Waals surface area (Å²) in [5.74, 6) is 1.74. The van der Waals surface area contributed by atoms with E-state index in [0.717, 1.165) is 44.4 Å². The van der Waals surface area contributed by atoms with Crippen molar-refractivity contribution < 1.29 is 9.47 Å². The fourth-order valence-electron chi connectivity index (χ4n) is 3.26. The Kier molecular flexibility index (Phi) is 5.05. The maximum atomic E-state index is 5.78. The van der Waals surface area contributed by atoms with Crippen LogP contribution in [0.15, 0.2) is 0 Å². The minimum atomic E-state index is 0.0184. The average Bonchev–Trinajstić information content (AvgIpc) is 2.41. The van der Waals surface area contributed by atoms with E-state index < -0.39 is 0 Å². The van der Waals surface area contributed by atoms with Gasteiger partial charge in [-0.3, -0.25) is 0 Å². The van der Waals surface area contributed by atoms with Crippen molar-refractivity contribution >= 4 is 0 Å². The third-order valence-corrected chi connectivity index (χ3v) is 5.15. The first-order chi connectivity index (χ1) is 8.65. The summed E-state index contributed by atoms with van der Waals surface area (Å²) in [6, 6.07) is 0.686. The molecule has 2 fully saturated rings. The van der Waals surface area contributed by atoms with E-state index in [1.54, 1.807) is 0 Å². The Bertz CT molecular complexity index is 251. The van der Waals surface area contributed by atoms with Gasteiger partial charge in [-0.15, -0.1) is 0 Å². The third kappa shape index (κ3) is 3.46. The quantitative estimate of drug-likeness (QED) is 0.837. The summed E-state index contributed by atoms with van der Waals surface area (Å²) in [6.07, 6.45) is 6.05. The molecule has 1 saturated carbocycles. The molecule has 0 aromatic heterocycles. The van der Waals surface area contributed by atoms with Crippen LogP contribution in [0, 0.1) is 11.8 Å². The van der Waals surface area contributed by atoms with Gasteiger partial charge in [0, 0.05) is 45.8 Å². The molecule has 18 heavy (non-hydrogen) atoms. The normalized spacial score (nSPS) is 36.5. The van der Waals surface area contributed by atoms with Gasteiger partial charge in [-0.2, -0.15) is 0 Å². The zero-order valence-corrected chi connectivity index (χ0v) is 12.2. The molecule has 0 radical (unpaired) electrons. The number of methoxy groups -OCH3 is 1. The van der Waals surface area contributed by atoms with Gasteiger partial charge in [0.05, 0.1) is 5.60 Å². The van der Waals surface area contributed by atoms with Gasteiger partial charge < -0.3 is 14.8 Å². The molecule has 106 valence electrons. The molecule has 1 N–H and O–H groups in total. The monoisotopic (exact) mass is 255 g/mol. The molecule has 0 unspecified atom stereocenters. The van der Waals surface area contributed by atoms with E-state index in [0.29, 0.717) is 6.04 Å². The predicted octanol–water partition coefficient (Wildman–Crippen LogP) is 2.60. The maximum Gasteiger partial charge on any atom is 0.0846 e. The molecule has 3 atom stereocenters.